The maximum Gasteiger partial charge on any atom is 0.125 e. The maximum atomic E-state index is 5.58. The van der Waals surface area contributed by atoms with Crippen LogP contribution >= 0.6 is 0 Å². The first-order chi connectivity index (χ1) is 9.32. The van der Waals surface area contributed by atoms with E-state index in [0.717, 1.165) is 12.2 Å². The van der Waals surface area contributed by atoms with E-state index in [9.17, 15) is 0 Å². The van der Waals surface area contributed by atoms with E-state index in [-0.39, 0.29) is 5.41 Å². The highest BCUT2D eigenvalue weighted by Gasteiger charge is 2.24. The number of ether oxygens (including phenoxy) is 1. The summed E-state index contributed by atoms with van der Waals surface area (Å²) in [5, 5.41) is 0. The predicted molar refractivity (Wildman–Crippen MR) is 93.2 cm³/mol. The quantitative estimate of drug-likeness (QED) is 0.624. The molecule has 0 N–H and O–H groups in total. The topological polar surface area (TPSA) is 9.23 Å². The molecule has 0 aliphatic rings. The van der Waals surface area contributed by atoms with Crippen molar-refractivity contribution in [2.45, 2.75) is 81.1 Å². The number of hydrogen-bond donors (Lipinski definition) is 0. The molecule has 0 amide bonds. The molecule has 0 saturated heterocycles. The molecule has 0 heterocycles. The van der Waals surface area contributed by atoms with Gasteiger partial charge in [-0.2, -0.15) is 0 Å². The summed E-state index contributed by atoms with van der Waals surface area (Å²) >= 11 is 0. The molecule has 1 rings (SSSR count). The van der Waals surface area contributed by atoms with Crippen molar-refractivity contribution in [3.63, 3.8) is 0 Å². The van der Waals surface area contributed by atoms with Gasteiger partial charge in [-0.25, -0.2) is 0 Å². The SMILES string of the molecule is CC.CC.CCc1cc(C)c(OC)c(C(C)(C)C)c1C. The number of methoxy groups -OCH3 is 1. The standard InChI is InChI=1S/C15H24O.2C2H6/c1-8-12-9-10(2)14(16-7)13(11(12)3)15(4,5)6;2*1-2/h9H,8H2,1-7H3;2*1-2H3. The van der Waals surface area contributed by atoms with Crippen LogP contribution < -0.4 is 4.74 Å². The van der Waals surface area contributed by atoms with Gasteiger partial charge in [-0.3, -0.25) is 0 Å². The minimum absolute atomic E-state index is 0.130. The summed E-state index contributed by atoms with van der Waals surface area (Å²) in [6.07, 6.45) is 1.08. The van der Waals surface area contributed by atoms with Gasteiger partial charge < -0.3 is 4.74 Å². The van der Waals surface area contributed by atoms with Crippen LogP contribution in [0, 0.1) is 13.8 Å². The van der Waals surface area contributed by atoms with Gasteiger partial charge >= 0.3 is 0 Å². The Hall–Kier alpha value is -0.980. The zero-order chi connectivity index (χ0) is 16.5. The van der Waals surface area contributed by atoms with Crippen LogP contribution in [-0.2, 0) is 11.8 Å². The molecule has 0 aliphatic heterocycles. The van der Waals surface area contributed by atoms with E-state index in [0.29, 0.717) is 0 Å². The lowest BCUT2D eigenvalue weighted by molar-refractivity contribution is 0.393. The molecule has 0 saturated carbocycles. The Bertz CT molecular complexity index is 384. The molecule has 0 aromatic heterocycles. The lowest BCUT2D eigenvalue weighted by atomic mass is 9.80. The second-order valence-corrected chi connectivity index (χ2v) is 5.49. The zero-order valence-electron chi connectivity index (χ0n) is 15.7. The fourth-order valence-corrected chi connectivity index (χ4v) is 2.50. The highest BCUT2D eigenvalue weighted by molar-refractivity contribution is 5.52. The van der Waals surface area contributed by atoms with E-state index < -0.39 is 0 Å². The Morgan fingerprint density at radius 3 is 1.75 bits per heavy atom. The first-order valence-corrected chi connectivity index (χ1v) is 8.00. The van der Waals surface area contributed by atoms with E-state index in [1.54, 1.807) is 7.11 Å². The first kappa shape index (κ1) is 21.3. The van der Waals surface area contributed by atoms with Crippen molar-refractivity contribution in [2.75, 3.05) is 7.11 Å². The van der Waals surface area contributed by atoms with E-state index >= 15 is 0 Å². The van der Waals surface area contributed by atoms with Crippen molar-refractivity contribution < 1.29 is 4.74 Å². The van der Waals surface area contributed by atoms with Crippen molar-refractivity contribution in [3.8, 4) is 5.75 Å². The molecule has 0 bridgehead atoms. The molecule has 0 radical (unpaired) electrons. The second kappa shape index (κ2) is 9.85. The number of rotatable bonds is 2. The van der Waals surface area contributed by atoms with Gasteiger partial charge in [0.2, 0.25) is 0 Å². The summed E-state index contributed by atoms with van der Waals surface area (Å²) in [4.78, 5) is 0. The molecular weight excluding hydrogens is 244 g/mol. The van der Waals surface area contributed by atoms with E-state index in [1.807, 2.05) is 27.7 Å². The molecule has 0 atom stereocenters. The van der Waals surface area contributed by atoms with Crippen molar-refractivity contribution in [1.29, 1.82) is 0 Å². The van der Waals surface area contributed by atoms with Crippen LogP contribution in [0.5, 0.6) is 5.75 Å². The van der Waals surface area contributed by atoms with E-state index in [4.69, 9.17) is 4.74 Å². The fourth-order valence-electron chi connectivity index (χ4n) is 2.50. The highest BCUT2D eigenvalue weighted by atomic mass is 16.5. The molecule has 0 aliphatic carbocycles. The summed E-state index contributed by atoms with van der Waals surface area (Å²) in [5.41, 5.74) is 5.55. The van der Waals surface area contributed by atoms with Crippen molar-refractivity contribution >= 4 is 0 Å². The summed E-state index contributed by atoms with van der Waals surface area (Å²) < 4.78 is 5.58. The maximum absolute atomic E-state index is 5.58. The molecule has 1 heteroatoms. The Morgan fingerprint density at radius 2 is 1.45 bits per heavy atom. The molecule has 20 heavy (non-hydrogen) atoms. The van der Waals surface area contributed by atoms with Gasteiger partial charge in [-0.1, -0.05) is 61.5 Å². The second-order valence-electron chi connectivity index (χ2n) is 5.49. The van der Waals surface area contributed by atoms with E-state index in [1.165, 1.54) is 22.3 Å². The minimum Gasteiger partial charge on any atom is -0.496 e. The van der Waals surface area contributed by atoms with Crippen LogP contribution in [0.1, 0.15) is 77.6 Å². The average Bonchev–Trinajstić information content (AvgIpc) is 2.43. The third-order valence-corrected chi connectivity index (χ3v) is 3.17. The predicted octanol–water partition coefficient (Wildman–Crippen LogP) is 6.22. The third kappa shape index (κ3) is 5.19. The minimum atomic E-state index is 0.130. The third-order valence-electron chi connectivity index (χ3n) is 3.17. The van der Waals surface area contributed by atoms with E-state index in [2.05, 4.69) is 47.6 Å². The fraction of sp³-hybridized carbons (Fsp3) is 0.684. The summed E-state index contributed by atoms with van der Waals surface area (Å²) in [7, 11) is 1.77. The zero-order valence-corrected chi connectivity index (χ0v) is 15.7. The molecule has 0 fully saturated rings. The van der Waals surface area contributed by atoms with Gasteiger partial charge in [0.1, 0.15) is 5.75 Å². The smallest absolute Gasteiger partial charge is 0.125 e. The van der Waals surface area contributed by atoms with Gasteiger partial charge in [0.05, 0.1) is 7.11 Å². The average molecular weight is 280 g/mol. The van der Waals surface area contributed by atoms with Gasteiger partial charge in [0.25, 0.3) is 0 Å². The van der Waals surface area contributed by atoms with Crippen LogP contribution in [0.3, 0.4) is 0 Å². The normalized spacial score (nSPS) is 9.95. The van der Waals surface area contributed by atoms with Crippen molar-refractivity contribution in [3.05, 3.63) is 28.3 Å². The molecule has 1 nitrogen and oxygen atoms in total. The largest absolute Gasteiger partial charge is 0.496 e. The van der Waals surface area contributed by atoms with Crippen LogP contribution in [0.2, 0.25) is 0 Å². The molecule has 0 unspecified atom stereocenters. The van der Waals surface area contributed by atoms with Crippen LogP contribution in [0.4, 0.5) is 0 Å². The summed E-state index contributed by atoms with van der Waals surface area (Å²) in [5.74, 6) is 1.06. The molecule has 0 spiro atoms. The highest BCUT2D eigenvalue weighted by Crippen LogP contribution is 2.38. The molecule has 1 aromatic rings. The number of aryl methyl sites for hydroxylation is 2. The van der Waals surface area contributed by atoms with Gasteiger partial charge in [0.15, 0.2) is 0 Å². The summed E-state index contributed by atoms with van der Waals surface area (Å²) in [6.45, 7) is 21.3. The molecular formula is C19H36O. The van der Waals surface area contributed by atoms with Gasteiger partial charge in [-0.15, -0.1) is 0 Å². The van der Waals surface area contributed by atoms with Gasteiger partial charge in [-0.05, 0) is 42.4 Å². The summed E-state index contributed by atoms with van der Waals surface area (Å²) in [6, 6.07) is 2.25. The molecule has 1 aromatic carbocycles. The monoisotopic (exact) mass is 280 g/mol. The van der Waals surface area contributed by atoms with Gasteiger partial charge in [0, 0.05) is 5.56 Å². The molecule has 118 valence electrons. The van der Waals surface area contributed by atoms with Crippen molar-refractivity contribution in [1.82, 2.24) is 0 Å². The van der Waals surface area contributed by atoms with Crippen LogP contribution in [-0.4, -0.2) is 7.11 Å². The Balaban J connectivity index is 0. The Morgan fingerprint density at radius 1 is 1.00 bits per heavy atom. The lowest BCUT2D eigenvalue weighted by Crippen LogP contribution is -2.16. The van der Waals surface area contributed by atoms with Crippen molar-refractivity contribution in [2.24, 2.45) is 0 Å². The van der Waals surface area contributed by atoms with Crippen LogP contribution in [0.25, 0.3) is 0 Å². The van der Waals surface area contributed by atoms with Crippen LogP contribution in [0.15, 0.2) is 6.07 Å². The first-order valence-electron chi connectivity index (χ1n) is 8.00. The number of hydrogen-bond acceptors (Lipinski definition) is 1. The lowest BCUT2D eigenvalue weighted by Gasteiger charge is -2.27. The number of benzene rings is 1. The Kier molecular flexibility index (Phi) is 10.5. The Labute approximate surface area is 127 Å².